The molecule has 5 heteroatoms. The lowest BCUT2D eigenvalue weighted by atomic mass is 10.2. The first kappa shape index (κ1) is 14.5. The third-order valence-electron chi connectivity index (χ3n) is 3.46. The van der Waals surface area contributed by atoms with Crippen LogP contribution in [-0.2, 0) is 0 Å². The molecule has 0 radical (unpaired) electrons. The van der Waals surface area contributed by atoms with E-state index in [1.54, 1.807) is 0 Å². The van der Waals surface area contributed by atoms with Gasteiger partial charge in [-0.1, -0.05) is 12.1 Å². The molecule has 0 saturated heterocycles. The van der Waals surface area contributed by atoms with Gasteiger partial charge >= 0.3 is 0 Å². The molecule has 0 aliphatic rings. The number of aryl methyl sites for hydroxylation is 3. The summed E-state index contributed by atoms with van der Waals surface area (Å²) in [4.78, 5) is 13.2. The smallest absolute Gasteiger partial charge is 0.266 e. The maximum Gasteiger partial charge on any atom is 0.266 e. The number of nitrogens with one attached hydrogen (secondary N) is 1. The summed E-state index contributed by atoms with van der Waals surface area (Å²) in [5.41, 5.74) is 4.60. The molecule has 112 valence electrons. The molecule has 0 aliphatic carbocycles. The number of carbonyl (C=O) groups excluding carboxylic acids is 1. The maximum absolute atomic E-state index is 12.4. The summed E-state index contributed by atoms with van der Waals surface area (Å²) in [6, 6.07) is 11.7. The first-order valence-electron chi connectivity index (χ1n) is 7.04. The summed E-state index contributed by atoms with van der Waals surface area (Å²) in [6.07, 6.45) is 0. The Labute approximate surface area is 133 Å². The molecule has 0 saturated carbocycles. The fraction of sp³-hybridized carbons (Fsp3) is 0.176. The lowest BCUT2D eigenvalue weighted by Gasteiger charge is -2.12. The Morgan fingerprint density at radius 1 is 1.18 bits per heavy atom. The SMILES string of the molecule is Cc1cc(C)n(-c2ccccc2NC(=O)c2sccc2C)n1. The minimum Gasteiger partial charge on any atom is -0.319 e. The molecule has 1 N–H and O–H groups in total. The van der Waals surface area contributed by atoms with Crippen molar-refractivity contribution in [1.82, 2.24) is 9.78 Å². The highest BCUT2D eigenvalue weighted by Crippen LogP contribution is 2.24. The number of aromatic nitrogens is 2. The van der Waals surface area contributed by atoms with Crippen LogP contribution in [0.1, 0.15) is 26.6 Å². The van der Waals surface area contributed by atoms with Crippen molar-refractivity contribution in [2.24, 2.45) is 0 Å². The van der Waals surface area contributed by atoms with Crippen molar-refractivity contribution in [1.29, 1.82) is 0 Å². The fourth-order valence-corrected chi connectivity index (χ4v) is 3.24. The highest BCUT2D eigenvalue weighted by molar-refractivity contribution is 7.12. The van der Waals surface area contributed by atoms with Gasteiger partial charge in [0.15, 0.2) is 0 Å². The van der Waals surface area contributed by atoms with Crippen molar-refractivity contribution in [3.05, 3.63) is 63.6 Å². The lowest BCUT2D eigenvalue weighted by molar-refractivity contribution is 0.103. The molecule has 0 aliphatic heterocycles. The number of amides is 1. The number of thiophene rings is 1. The normalized spacial score (nSPS) is 10.7. The molecule has 0 unspecified atom stereocenters. The number of benzene rings is 1. The Balaban J connectivity index is 1.97. The monoisotopic (exact) mass is 311 g/mol. The Morgan fingerprint density at radius 2 is 1.95 bits per heavy atom. The molecule has 4 nitrogen and oxygen atoms in total. The van der Waals surface area contributed by atoms with Gasteiger partial charge in [0, 0.05) is 5.69 Å². The molecule has 1 aromatic carbocycles. The Bertz CT molecular complexity index is 832. The topological polar surface area (TPSA) is 46.9 Å². The van der Waals surface area contributed by atoms with Crippen LogP contribution in [-0.4, -0.2) is 15.7 Å². The highest BCUT2D eigenvalue weighted by Gasteiger charge is 2.14. The van der Waals surface area contributed by atoms with Crippen molar-refractivity contribution in [3.8, 4) is 5.69 Å². The molecular formula is C17H17N3OS. The van der Waals surface area contributed by atoms with Gasteiger partial charge in [-0.05, 0) is 56.0 Å². The predicted octanol–water partition coefficient (Wildman–Crippen LogP) is 4.11. The molecule has 22 heavy (non-hydrogen) atoms. The first-order valence-corrected chi connectivity index (χ1v) is 7.92. The maximum atomic E-state index is 12.4. The van der Waals surface area contributed by atoms with Gasteiger partial charge in [-0.25, -0.2) is 4.68 Å². The van der Waals surface area contributed by atoms with Gasteiger partial charge in [0.25, 0.3) is 5.91 Å². The van der Waals surface area contributed by atoms with Crippen LogP contribution in [0.3, 0.4) is 0 Å². The van der Waals surface area contributed by atoms with Gasteiger partial charge < -0.3 is 5.32 Å². The minimum atomic E-state index is -0.0820. The van der Waals surface area contributed by atoms with Crippen LogP contribution < -0.4 is 5.32 Å². The lowest BCUT2D eigenvalue weighted by Crippen LogP contribution is -2.14. The molecule has 0 bridgehead atoms. The van der Waals surface area contributed by atoms with Gasteiger partial charge in [0.1, 0.15) is 0 Å². The van der Waals surface area contributed by atoms with E-state index in [1.807, 2.05) is 67.2 Å². The number of anilines is 1. The summed E-state index contributed by atoms with van der Waals surface area (Å²) in [5.74, 6) is -0.0820. The molecular weight excluding hydrogens is 294 g/mol. The summed E-state index contributed by atoms with van der Waals surface area (Å²) < 4.78 is 1.85. The summed E-state index contributed by atoms with van der Waals surface area (Å²) >= 11 is 1.45. The zero-order valence-corrected chi connectivity index (χ0v) is 13.6. The summed E-state index contributed by atoms with van der Waals surface area (Å²) in [5, 5.41) is 9.42. The highest BCUT2D eigenvalue weighted by atomic mass is 32.1. The molecule has 3 aromatic rings. The Morgan fingerprint density at radius 3 is 2.59 bits per heavy atom. The number of rotatable bonds is 3. The first-order chi connectivity index (χ1) is 10.6. The van der Waals surface area contributed by atoms with E-state index in [0.29, 0.717) is 0 Å². The van der Waals surface area contributed by atoms with E-state index in [9.17, 15) is 4.79 Å². The number of para-hydroxylation sites is 2. The van der Waals surface area contributed by atoms with Gasteiger partial charge in [-0.2, -0.15) is 5.10 Å². The number of carbonyl (C=O) groups is 1. The van der Waals surface area contributed by atoms with Crippen molar-refractivity contribution in [3.63, 3.8) is 0 Å². The van der Waals surface area contributed by atoms with Gasteiger partial charge in [-0.3, -0.25) is 4.79 Å². The largest absolute Gasteiger partial charge is 0.319 e. The zero-order chi connectivity index (χ0) is 15.7. The van der Waals surface area contributed by atoms with E-state index in [1.165, 1.54) is 11.3 Å². The zero-order valence-electron chi connectivity index (χ0n) is 12.8. The van der Waals surface area contributed by atoms with Gasteiger partial charge in [-0.15, -0.1) is 11.3 Å². The van der Waals surface area contributed by atoms with Crippen LogP contribution in [0.2, 0.25) is 0 Å². The molecule has 3 rings (SSSR count). The molecule has 0 fully saturated rings. The van der Waals surface area contributed by atoms with E-state index < -0.39 is 0 Å². The van der Waals surface area contributed by atoms with Crippen LogP contribution in [0.15, 0.2) is 41.8 Å². The number of hydrogen-bond acceptors (Lipinski definition) is 3. The minimum absolute atomic E-state index is 0.0820. The molecule has 1 amide bonds. The number of nitrogens with zero attached hydrogens (tertiary/aromatic N) is 2. The quantitative estimate of drug-likeness (QED) is 0.791. The predicted molar refractivity (Wildman–Crippen MR) is 90.0 cm³/mol. The summed E-state index contributed by atoms with van der Waals surface area (Å²) in [7, 11) is 0. The third kappa shape index (κ3) is 2.67. The Hall–Kier alpha value is -2.40. The molecule has 0 atom stereocenters. The van der Waals surface area contributed by atoms with Crippen LogP contribution in [0, 0.1) is 20.8 Å². The standard InChI is InChI=1S/C17H17N3OS/c1-11-8-9-22-16(11)17(21)18-14-6-4-5-7-15(14)20-13(3)10-12(2)19-20/h4-10H,1-3H3,(H,18,21). The van der Waals surface area contributed by atoms with Crippen molar-refractivity contribution >= 4 is 22.9 Å². The van der Waals surface area contributed by atoms with Crippen molar-refractivity contribution in [2.45, 2.75) is 20.8 Å². The van der Waals surface area contributed by atoms with Crippen LogP contribution in [0.5, 0.6) is 0 Å². The average Bonchev–Trinajstić information content (AvgIpc) is 3.05. The number of hydrogen-bond donors (Lipinski definition) is 1. The van der Waals surface area contributed by atoms with E-state index in [0.717, 1.165) is 33.2 Å². The van der Waals surface area contributed by atoms with Gasteiger partial charge in [0.05, 0.1) is 21.9 Å². The van der Waals surface area contributed by atoms with Crippen molar-refractivity contribution < 1.29 is 4.79 Å². The van der Waals surface area contributed by atoms with E-state index in [4.69, 9.17) is 0 Å². The second-order valence-electron chi connectivity index (χ2n) is 5.24. The Kier molecular flexibility index (Phi) is 3.81. The third-order valence-corrected chi connectivity index (χ3v) is 4.47. The second kappa shape index (κ2) is 5.77. The van der Waals surface area contributed by atoms with E-state index >= 15 is 0 Å². The molecule has 0 spiro atoms. The molecule has 2 heterocycles. The van der Waals surface area contributed by atoms with Crippen LogP contribution >= 0.6 is 11.3 Å². The average molecular weight is 311 g/mol. The van der Waals surface area contributed by atoms with Crippen molar-refractivity contribution in [2.75, 3.05) is 5.32 Å². The molecule has 2 aromatic heterocycles. The van der Waals surface area contributed by atoms with E-state index in [2.05, 4.69) is 10.4 Å². The van der Waals surface area contributed by atoms with Crippen LogP contribution in [0.4, 0.5) is 5.69 Å². The summed E-state index contributed by atoms with van der Waals surface area (Å²) in [6.45, 7) is 5.90. The van der Waals surface area contributed by atoms with Crippen LogP contribution in [0.25, 0.3) is 5.69 Å². The fourth-order valence-electron chi connectivity index (χ4n) is 2.42. The van der Waals surface area contributed by atoms with Gasteiger partial charge in [0.2, 0.25) is 0 Å². The second-order valence-corrected chi connectivity index (χ2v) is 6.16. The van der Waals surface area contributed by atoms with E-state index in [-0.39, 0.29) is 5.91 Å².